The number of aromatic nitrogens is 2. The van der Waals surface area contributed by atoms with Crippen molar-refractivity contribution in [2.75, 3.05) is 5.32 Å². The first kappa shape index (κ1) is 23.4. The topological polar surface area (TPSA) is 116 Å². The maximum absolute atomic E-state index is 12.9. The number of halogens is 4. The first-order valence-electron chi connectivity index (χ1n) is 7.92. The molecule has 0 unspecified atom stereocenters. The summed E-state index contributed by atoms with van der Waals surface area (Å²) < 4.78 is 40.1. The van der Waals surface area contributed by atoms with Crippen molar-refractivity contribution in [3.8, 4) is 0 Å². The van der Waals surface area contributed by atoms with Crippen LogP contribution in [-0.4, -0.2) is 20.6 Å². The van der Waals surface area contributed by atoms with Gasteiger partial charge in [-0.3, -0.25) is 19.6 Å². The summed E-state index contributed by atoms with van der Waals surface area (Å²) in [5.74, 6) is -0.549. The Morgan fingerprint density at radius 3 is 2.46 bits per heavy atom. The Balaban J connectivity index is 0.00000392. The van der Waals surface area contributed by atoms with Crippen LogP contribution in [0.3, 0.4) is 0 Å². The molecule has 28 heavy (non-hydrogen) atoms. The van der Waals surface area contributed by atoms with Crippen molar-refractivity contribution < 1.29 is 22.9 Å². The van der Waals surface area contributed by atoms with Crippen molar-refractivity contribution in [2.24, 2.45) is 5.73 Å². The Bertz CT molecular complexity index is 883. The van der Waals surface area contributed by atoms with Gasteiger partial charge in [-0.1, -0.05) is 0 Å². The van der Waals surface area contributed by atoms with E-state index in [9.17, 15) is 28.1 Å². The van der Waals surface area contributed by atoms with Gasteiger partial charge in [0.25, 0.3) is 0 Å². The number of hydrogen-bond acceptors (Lipinski definition) is 5. The fourth-order valence-electron chi connectivity index (χ4n) is 2.65. The molecule has 1 aromatic heterocycles. The molecule has 2 rings (SSSR count). The molecule has 0 aliphatic carbocycles. The number of nitrogens with two attached hydrogens (primary N) is 1. The molecule has 154 valence electrons. The predicted molar refractivity (Wildman–Crippen MR) is 98.2 cm³/mol. The molecule has 1 heterocycles. The lowest BCUT2D eigenvalue weighted by Gasteiger charge is -2.12. The first-order valence-corrected chi connectivity index (χ1v) is 7.92. The van der Waals surface area contributed by atoms with Gasteiger partial charge >= 0.3 is 11.9 Å². The standard InChI is InChI=1S/C16H18F3N5O3.ClH/c1-9-15(24(26)27)10(2)23(22-9)4-3-14(25)21-13-6-11(8-20)5-12(7-13)16(17,18)19;/h5-7H,3-4,8,20H2,1-2H3,(H,21,25);1H. The summed E-state index contributed by atoms with van der Waals surface area (Å²) in [6.45, 7) is 2.94. The minimum atomic E-state index is -4.56. The fourth-order valence-corrected chi connectivity index (χ4v) is 2.65. The molecule has 8 nitrogen and oxygen atoms in total. The summed E-state index contributed by atoms with van der Waals surface area (Å²) in [7, 11) is 0. The van der Waals surface area contributed by atoms with E-state index in [1.807, 2.05) is 0 Å². The van der Waals surface area contributed by atoms with E-state index in [4.69, 9.17) is 5.73 Å². The van der Waals surface area contributed by atoms with Crippen LogP contribution in [0.2, 0.25) is 0 Å². The molecular weight excluding hydrogens is 403 g/mol. The van der Waals surface area contributed by atoms with Crippen LogP contribution in [0.15, 0.2) is 18.2 Å². The first-order chi connectivity index (χ1) is 12.5. The third-order valence-corrected chi connectivity index (χ3v) is 3.92. The molecule has 2 aromatic rings. The zero-order valence-corrected chi connectivity index (χ0v) is 15.9. The van der Waals surface area contributed by atoms with Gasteiger partial charge in [0.1, 0.15) is 11.4 Å². The quantitative estimate of drug-likeness (QED) is 0.548. The van der Waals surface area contributed by atoms with Crippen LogP contribution in [0.1, 0.15) is 28.9 Å². The minimum absolute atomic E-state index is 0. The van der Waals surface area contributed by atoms with E-state index in [1.54, 1.807) is 0 Å². The molecule has 0 saturated carbocycles. The average Bonchev–Trinajstić information content (AvgIpc) is 2.85. The number of carbonyl (C=O) groups is 1. The molecule has 1 aromatic carbocycles. The van der Waals surface area contributed by atoms with Crippen molar-refractivity contribution in [2.45, 2.75) is 39.5 Å². The van der Waals surface area contributed by atoms with Gasteiger partial charge in [-0.15, -0.1) is 12.4 Å². The highest BCUT2D eigenvalue weighted by Gasteiger charge is 2.31. The maximum atomic E-state index is 12.9. The number of nitrogens with zero attached hydrogens (tertiary/aromatic N) is 3. The fraction of sp³-hybridized carbons (Fsp3) is 0.375. The van der Waals surface area contributed by atoms with Gasteiger partial charge in [0.05, 0.1) is 17.0 Å². The van der Waals surface area contributed by atoms with Crippen LogP contribution >= 0.6 is 12.4 Å². The van der Waals surface area contributed by atoms with Gasteiger partial charge in [-0.25, -0.2) is 0 Å². The summed E-state index contributed by atoms with van der Waals surface area (Å²) in [5, 5.41) is 17.4. The smallest absolute Gasteiger partial charge is 0.326 e. The molecule has 0 atom stereocenters. The molecule has 0 bridgehead atoms. The van der Waals surface area contributed by atoms with E-state index in [0.717, 1.165) is 12.1 Å². The monoisotopic (exact) mass is 421 g/mol. The highest BCUT2D eigenvalue weighted by molar-refractivity contribution is 5.90. The average molecular weight is 422 g/mol. The lowest BCUT2D eigenvalue weighted by atomic mass is 10.1. The minimum Gasteiger partial charge on any atom is -0.326 e. The lowest BCUT2D eigenvalue weighted by Crippen LogP contribution is -2.17. The van der Waals surface area contributed by atoms with Crippen molar-refractivity contribution in [1.82, 2.24) is 9.78 Å². The van der Waals surface area contributed by atoms with E-state index in [1.165, 1.54) is 24.6 Å². The number of carbonyl (C=O) groups excluding carboxylic acids is 1. The number of rotatable bonds is 6. The highest BCUT2D eigenvalue weighted by Crippen LogP contribution is 2.32. The number of anilines is 1. The van der Waals surface area contributed by atoms with E-state index in [2.05, 4.69) is 10.4 Å². The number of aryl methyl sites for hydroxylation is 2. The number of alkyl halides is 3. The van der Waals surface area contributed by atoms with Gasteiger partial charge in [0, 0.05) is 18.7 Å². The molecule has 1 amide bonds. The van der Waals surface area contributed by atoms with Crippen molar-refractivity contribution in [3.63, 3.8) is 0 Å². The Morgan fingerprint density at radius 1 is 1.32 bits per heavy atom. The van der Waals surface area contributed by atoms with Crippen LogP contribution < -0.4 is 11.1 Å². The molecule has 12 heteroatoms. The van der Waals surface area contributed by atoms with Gasteiger partial charge < -0.3 is 11.1 Å². The Morgan fingerprint density at radius 2 is 1.96 bits per heavy atom. The largest absolute Gasteiger partial charge is 0.416 e. The van der Waals surface area contributed by atoms with E-state index < -0.39 is 22.6 Å². The van der Waals surface area contributed by atoms with Gasteiger partial charge in [-0.05, 0) is 37.6 Å². The third kappa shape index (κ3) is 5.42. The van der Waals surface area contributed by atoms with Crippen molar-refractivity contribution in [1.29, 1.82) is 0 Å². The molecule has 0 saturated heterocycles. The van der Waals surface area contributed by atoms with Crippen LogP contribution in [0.5, 0.6) is 0 Å². The van der Waals surface area contributed by atoms with E-state index in [0.29, 0.717) is 5.69 Å². The van der Waals surface area contributed by atoms with Crippen LogP contribution in [0.4, 0.5) is 24.5 Å². The van der Waals surface area contributed by atoms with Crippen LogP contribution in [0.25, 0.3) is 0 Å². The van der Waals surface area contributed by atoms with Gasteiger partial charge in [-0.2, -0.15) is 18.3 Å². The summed E-state index contributed by atoms with van der Waals surface area (Å²) >= 11 is 0. The van der Waals surface area contributed by atoms with E-state index in [-0.39, 0.29) is 54.5 Å². The Labute approximate surface area is 164 Å². The highest BCUT2D eigenvalue weighted by atomic mass is 35.5. The molecule has 0 spiro atoms. The third-order valence-electron chi connectivity index (χ3n) is 3.92. The number of hydrogen-bond donors (Lipinski definition) is 2. The Kier molecular flexibility index (Phi) is 7.53. The summed E-state index contributed by atoms with van der Waals surface area (Å²) in [5.41, 5.74) is 5.11. The number of benzene rings is 1. The molecule has 0 aliphatic rings. The van der Waals surface area contributed by atoms with Gasteiger partial charge in [0.2, 0.25) is 5.91 Å². The van der Waals surface area contributed by atoms with E-state index >= 15 is 0 Å². The van der Waals surface area contributed by atoms with Crippen molar-refractivity contribution in [3.05, 3.63) is 50.8 Å². The second-order valence-electron chi connectivity index (χ2n) is 5.92. The van der Waals surface area contributed by atoms with Crippen molar-refractivity contribution >= 4 is 29.7 Å². The number of nitrogens with one attached hydrogen (secondary N) is 1. The SMILES string of the molecule is Cc1nn(CCC(=O)Nc2cc(CN)cc(C(F)(F)F)c2)c(C)c1[N+](=O)[O-].Cl. The molecular formula is C16H19ClF3N5O3. The zero-order valence-electron chi connectivity index (χ0n) is 15.0. The molecule has 0 aliphatic heterocycles. The van der Waals surface area contributed by atoms with Crippen LogP contribution in [-0.2, 0) is 24.1 Å². The number of amides is 1. The second kappa shape index (κ2) is 9.02. The van der Waals surface area contributed by atoms with Gasteiger partial charge in [0.15, 0.2) is 0 Å². The van der Waals surface area contributed by atoms with Crippen LogP contribution in [0, 0.1) is 24.0 Å². The number of nitro groups is 1. The normalized spacial score (nSPS) is 11.1. The summed E-state index contributed by atoms with van der Waals surface area (Å²) in [4.78, 5) is 22.5. The molecule has 3 N–H and O–H groups in total. The Hall–Kier alpha value is -2.66. The maximum Gasteiger partial charge on any atom is 0.416 e. The lowest BCUT2D eigenvalue weighted by molar-refractivity contribution is -0.386. The summed E-state index contributed by atoms with van der Waals surface area (Å²) in [6.07, 6.45) is -4.68. The predicted octanol–water partition coefficient (Wildman–Crippen LogP) is 3.34. The zero-order chi connectivity index (χ0) is 20.4. The molecule has 0 radical (unpaired) electrons. The summed E-state index contributed by atoms with van der Waals surface area (Å²) in [6, 6.07) is 3.11. The second-order valence-corrected chi connectivity index (χ2v) is 5.92. The molecule has 0 fully saturated rings.